The summed E-state index contributed by atoms with van der Waals surface area (Å²) < 4.78 is 0. The lowest BCUT2D eigenvalue weighted by molar-refractivity contribution is 0.252. The first kappa shape index (κ1) is 10.7. The highest BCUT2D eigenvalue weighted by molar-refractivity contribution is 7.12. The molecule has 0 saturated carbocycles. The van der Waals surface area contributed by atoms with E-state index in [1.807, 2.05) is 30.4 Å². The first-order valence-corrected chi connectivity index (χ1v) is 5.32. The molecule has 0 bridgehead atoms. The van der Waals surface area contributed by atoms with Gasteiger partial charge in [-0.3, -0.25) is 5.01 Å². The molecule has 0 amide bonds. The molecule has 13 heavy (non-hydrogen) atoms. The van der Waals surface area contributed by atoms with E-state index in [-0.39, 0.29) is 0 Å². The third-order valence-corrected chi connectivity index (χ3v) is 2.98. The van der Waals surface area contributed by atoms with Crippen LogP contribution >= 0.6 is 11.3 Å². The van der Waals surface area contributed by atoms with Crippen molar-refractivity contribution in [3.63, 3.8) is 0 Å². The quantitative estimate of drug-likeness (QED) is 0.751. The van der Waals surface area contributed by atoms with Gasteiger partial charge in [0.1, 0.15) is 0 Å². The number of hydrogen-bond acceptors (Lipinski definition) is 3. The van der Waals surface area contributed by atoms with Crippen LogP contribution in [0.1, 0.15) is 28.3 Å². The third kappa shape index (κ3) is 2.79. The predicted molar refractivity (Wildman–Crippen MR) is 59.0 cm³/mol. The van der Waals surface area contributed by atoms with Gasteiger partial charge in [-0.1, -0.05) is 0 Å². The summed E-state index contributed by atoms with van der Waals surface area (Å²) in [6.45, 7) is 6.53. The van der Waals surface area contributed by atoms with E-state index in [2.05, 4.69) is 32.3 Å². The molecule has 0 aliphatic carbocycles. The van der Waals surface area contributed by atoms with Crippen molar-refractivity contribution < 1.29 is 0 Å². The third-order valence-electron chi connectivity index (χ3n) is 2.00. The summed E-state index contributed by atoms with van der Waals surface area (Å²) in [6, 6.07) is 2.67. The fourth-order valence-corrected chi connectivity index (χ4v) is 2.56. The van der Waals surface area contributed by atoms with E-state index >= 15 is 0 Å². The molecular formula is C10H18N2S. The van der Waals surface area contributed by atoms with Gasteiger partial charge in [-0.25, -0.2) is 5.43 Å². The number of nitrogens with zero attached hydrogens (tertiary/aromatic N) is 1. The van der Waals surface area contributed by atoms with Crippen molar-refractivity contribution in [2.75, 3.05) is 14.1 Å². The van der Waals surface area contributed by atoms with E-state index in [9.17, 15) is 0 Å². The summed E-state index contributed by atoms with van der Waals surface area (Å²) in [6.07, 6.45) is 0. The van der Waals surface area contributed by atoms with Crippen molar-refractivity contribution in [3.8, 4) is 0 Å². The van der Waals surface area contributed by atoms with Crippen LogP contribution in [0.25, 0.3) is 0 Å². The zero-order chi connectivity index (χ0) is 10.0. The number of hydrogen-bond donors (Lipinski definition) is 1. The molecule has 74 valence electrons. The molecular weight excluding hydrogens is 180 g/mol. The number of thiophene rings is 1. The number of hydrazine groups is 1. The molecule has 0 fully saturated rings. The largest absolute Gasteiger partial charge is 0.250 e. The van der Waals surface area contributed by atoms with E-state index in [4.69, 9.17) is 0 Å². The Morgan fingerprint density at radius 2 is 2.00 bits per heavy atom. The average Bonchev–Trinajstić information content (AvgIpc) is 2.28. The van der Waals surface area contributed by atoms with Crippen LogP contribution in [0.15, 0.2) is 6.07 Å². The summed E-state index contributed by atoms with van der Waals surface area (Å²) in [5.41, 5.74) is 4.77. The predicted octanol–water partition coefficient (Wildman–Crippen LogP) is 2.49. The minimum Gasteiger partial charge on any atom is -0.250 e. The van der Waals surface area contributed by atoms with Crippen LogP contribution in [0.3, 0.4) is 0 Å². The lowest BCUT2D eigenvalue weighted by Crippen LogP contribution is -2.32. The zero-order valence-corrected chi connectivity index (χ0v) is 9.83. The molecule has 0 spiro atoms. The Morgan fingerprint density at radius 3 is 2.38 bits per heavy atom. The van der Waals surface area contributed by atoms with Crippen LogP contribution in [-0.2, 0) is 0 Å². The summed E-state index contributed by atoms with van der Waals surface area (Å²) >= 11 is 1.87. The van der Waals surface area contributed by atoms with Gasteiger partial charge in [0.25, 0.3) is 0 Å². The molecule has 0 saturated heterocycles. The summed E-state index contributed by atoms with van der Waals surface area (Å²) in [4.78, 5) is 2.80. The Balaban J connectivity index is 2.76. The van der Waals surface area contributed by atoms with Gasteiger partial charge in [0.15, 0.2) is 0 Å². The van der Waals surface area contributed by atoms with Gasteiger partial charge < -0.3 is 0 Å². The van der Waals surface area contributed by atoms with Gasteiger partial charge in [0.05, 0.1) is 0 Å². The second-order valence-electron chi connectivity index (χ2n) is 3.61. The smallest absolute Gasteiger partial charge is 0.0447 e. The molecule has 0 radical (unpaired) electrons. The summed E-state index contributed by atoms with van der Waals surface area (Å²) in [5.74, 6) is 0. The van der Waals surface area contributed by atoms with Crippen LogP contribution < -0.4 is 5.43 Å². The van der Waals surface area contributed by atoms with Gasteiger partial charge in [-0.2, -0.15) is 0 Å². The molecule has 0 aliphatic rings. The SMILES string of the molecule is Cc1cc(C(C)NN(C)C)c(C)s1. The zero-order valence-electron chi connectivity index (χ0n) is 9.01. The van der Waals surface area contributed by atoms with E-state index < -0.39 is 0 Å². The van der Waals surface area contributed by atoms with Crippen LogP contribution in [0.4, 0.5) is 0 Å². The minimum absolute atomic E-state index is 0.403. The molecule has 0 aliphatic heterocycles. The highest BCUT2D eigenvalue weighted by Gasteiger charge is 2.10. The van der Waals surface area contributed by atoms with Crippen LogP contribution in [0, 0.1) is 13.8 Å². The maximum Gasteiger partial charge on any atom is 0.0447 e. The molecule has 1 rings (SSSR count). The molecule has 3 heteroatoms. The maximum absolute atomic E-state index is 3.35. The molecule has 1 N–H and O–H groups in total. The molecule has 0 aromatic carbocycles. The lowest BCUT2D eigenvalue weighted by Gasteiger charge is -2.19. The van der Waals surface area contributed by atoms with Gasteiger partial charge >= 0.3 is 0 Å². The fraction of sp³-hybridized carbons (Fsp3) is 0.600. The monoisotopic (exact) mass is 198 g/mol. The molecule has 1 heterocycles. The van der Waals surface area contributed by atoms with Crippen molar-refractivity contribution in [1.82, 2.24) is 10.4 Å². The normalized spacial score (nSPS) is 13.7. The van der Waals surface area contributed by atoms with Crippen molar-refractivity contribution in [2.24, 2.45) is 0 Å². The Bertz CT molecular complexity index is 278. The average molecular weight is 198 g/mol. The second-order valence-corrected chi connectivity index (χ2v) is 5.07. The summed E-state index contributed by atoms with van der Waals surface area (Å²) in [5, 5.41) is 2.00. The van der Waals surface area contributed by atoms with Crippen molar-refractivity contribution >= 4 is 11.3 Å². The Hall–Kier alpha value is -0.380. The minimum atomic E-state index is 0.403. The van der Waals surface area contributed by atoms with Gasteiger partial charge in [-0.05, 0) is 32.4 Å². The van der Waals surface area contributed by atoms with E-state index in [1.165, 1.54) is 15.3 Å². The Kier molecular flexibility index (Phi) is 3.47. The van der Waals surface area contributed by atoms with Crippen molar-refractivity contribution in [2.45, 2.75) is 26.8 Å². The van der Waals surface area contributed by atoms with Gasteiger partial charge in [-0.15, -0.1) is 11.3 Å². The lowest BCUT2D eigenvalue weighted by atomic mass is 10.1. The van der Waals surface area contributed by atoms with Crippen LogP contribution in [0.5, 0.6) is 0 Å². The van der Waals surface area contributed by atoms with Gasteiger partial charge in [0, 0.05) is 29.9 Å². The molecule has 1 unspecified atom stereocenters. The topological polar surface area (TPSA) is 15.3 Å². The standard InChI is InChI=1S/C10H18N2S/c1-7-6-10(9(3)13-7)8(2)11-12(4)5/h6,8,11H,1-5H3. The highest BCUT2D eigenvalue weighted by Crippen LogP contribution is 2.25. The van der Waals surface area contributed by atoms with Gasteiger partial charge in [0.2, 0.25) is 0 Å². The molecule has 1 atom stereocenters. The van der Waals surface area contributed by atoms with E-state index in [1.54, 1.807) is 0 Å². The molecule has 1 aromatic rings. The van der Waals surface area contributed by atoms with Crippen LogP contribution in [0.2, 0.25) is 0 Å². The number of rotatable bonds is 3. The van der Waals surface area contributed by atoms with E-state index in [0.717, 1.165) is 0 Å². The Labute approximate surface area is 84.5 Å². The highest BCUT2D eigenvalue weighted by atomic mass is 32.1. The second kappa shape index (κ2) is 4.22. The summed E-state index contributed by atoms with van der Waals surface area (Å²) in [7, 11) is 4.04. The van der Waals surface area contributed by atoms with Crippen molar-refractivity contribution in [1.29, 1.82) is 0 Å². The molecule has 1 aromatic heterocycles. The first-order valence-electron chi connectivity index (χ1n) is 4.51. The Morgan fingerprint density at radius 1 is 1.38 bits per heavy atom. The number of nitrogens with one attached hydrogen (secondary N) is 1. The van der Waals surface area contributed by atoms with Crippen LogP contribution in [-0.4, -0.2) is 19.1 Å². The molecule has 2 nitrogen and oxygen atoms in total. The maximum atomic E-state index is 3.35. The van der Waals surface area contributed by atoms with E-state index in [0.29, 0.717) is 6.04 Å². The fourth-order valence-electron chi connectivity index (χ4n) is 1.54. The van der Waals surface area contributed by atoms with Crippen molar-refractivity contribution in [3.05, 3.63) is 21.4 Å². The number of aryl methyl sites for hydroxylation is 2. The first-order chi connectivity index (χ1) is 6.00.